The van der Waals surface area contributed by atoms with Crippen LogP contribution >= 0.6 is 11.3 Å². The average Bonchev–Trinajstić information content (AvgIpc) is 4.02. The van der Waals surface area contributed by atoms with Crippen LogP contribution < -0.4 is 26.2 Å². The van der Waals surface area contributed by atoms with Gasteiger partial charge in [0.15, 0.2) is 5.58 Å². The van der Waals surface area contributed by atoms with E-state index in [1.807, 2.05) is 11.3 Å². The van der Waals surface area contributed by atoms with Gasteiger partial charge in [-0.25, -0.2) is 0 Å². The molecule has 5 heterocycles. The average molecular weight is 956 g/mol. The molecule has 0 saturated carbocycles. The maximum atomic E-state index is 7.22. The molecule has 3 aromatic heterocycles. The first-order valence-corrected chi connectivity index (χ1v) is 26.6. The molecule has 0 unspecified atom stereocenters. The van der Waals surface area contributed by atoms with Crippen LogP contribution in [0.2, 0.25) is 0 Å². The zero-order valence-corrected chi connectivity index (χ0v) is 44.6. The summed E-state index contributed by atoms with van der Waals surface area (Å²) in [5.41, 5.74) is 21.4. The summed E-state index contributed by atoms with van der Waals surface area (Å²) in [5, 5.41) is 4.88. The number of furan rings is 1. The Hall–Kier alpha value is -7.02. The molecule has 72 heavy (non-hydrogen) atoms. The lowest BCUT2D eigenvalue weighted by atomic mass is 9.33. The molecule has 0 amide bonds. The standard InChI is InChI=1S/C66H62BN3OS/c1-63(2,3)39-23-28-43(29-24-39)68(44-30-25-40(26-31-44)64(4,5)6)45-32-34-50-53(38-45)69(52-21-16-18-47-46-33-27-41(65(7,8)9)37-56(46)71-61(47)52)54-35-42(66(10,11)12)36-55-58(54)67(50)51-20-15-19-49-59(51)70(55)60-48-17-13-14-22-57(48)72-62(49)60/h13-38H,1-12H3. The van der Waals surface area contributed by atoms with Crippen LogP contribution in [0.3, 0.4) is 0 Å². The molecule has 11 aromatic rings. The van der Waals surface area contributed by atoms with Crippen LogP contribution in [0, 0.1) is 0 Å². The van der Waals surface area contributed by atoms with E-state index in [-0.39, 0.29) is 28.4 Å². The third-order valence-corrected chi connectivity index (χ3v) is 17.0. The third-order valence-electron chi connectivity index (χ3n) is 15.8. The third kappa shape index (κ3) is 6.70. The van der Waals surface area contributed by atoms with Gasteiger partial charge in [-0.1, -0.05) is 174 Å². The van der Waals surface area contributed by atoms with Crippen molar-refractivity contribution in [3.05, 3.63) is 180 Å². The molecule has 6 heteroatoms. The van der Waals surface area contributed by atoms with Gasteiger partial charge in [0.25, 0.3) is 6.71 Å². The van der Waals surface area contributed by atoms with E-state index >= 15 is 0 Å². The van der Waals surface area contributed by atoms with E-state index < -0.39 is 0 Å². The van der Waals surface area contributed by atoms with Crippen LogP contribution in [0.4, 0.5) is 34.1 Å². The predicted molar refractivity (Wildman–Crippen MR) is 312 cm³/mol. The molecule has 4 nitrogen and oxygen atoms in total. The highest BCUT2D eigenvalue weighted by Crippen LogP contribution is 2.50. The molecule has 356 valence electrons. The highest BCUT2D eigenvalue weighted by atomic mass is 32.1. The monoisotopic (exact) mass is 955 g/mol. The molecular formula is C66H62BN3OS. The van der Waals surface area contributed by atoms with Crippen molar-refractivity contribution in [1.29, 1.82) is 0 Å². The molecule has 0 N–H and O–H groups in total. The number of thiophene rings is 1. The summed E-state index contributed by atoms with van der Waals surface area (Å²) in [6, 6.07) is 60.3. The zero-order valence-electron chi connectivity index (χ0n) is 43.7. The van der Waals surface area contributed by atoms with Gasteiger partial charge in [-0.15, -0.1) is 11.3 Å². The van der Waals surface area contributed by atoms with E-state index in [0.717, 1.165) is 50.4 Å². The van der Waals surface area contributed by atoms with Gasteiger partial charge in [-0.05, 0) is 127 Å². The molecule has 0 saturated heterocycles. The van der Waals surface area contributed by atoms with Crippen LogP contribution in [0.25, 0.3) is 58.8 Å². The smallest absolute Gasteiger partial charge is 0.252 e. The van der Waals surface area contributed by atoms with Crippen molar-refractivity contribution in [3.63, 3.8) is 0 Å². The van der Waals surface area contributed by atoms with Crippen molar-refractivity contribution in [2.75, 3.05) is 9.80 Å². The summed E-state index contributed by atoms with van der Waals surface area (Å²) in [7, 11) is 0. The van der Waals surface area contributed by atoms with Crippen molar-refractivity contribution in [1.82, 2.24) is 4.57 Å². The number of para-hydroxylation sites is 2. The Morgan fingerprint density at radius 3 is 1.68 bits per heavy atom. The minimum atomic E-state index is -0.155. The van der Waals surface area contributed by atoms with Gasteiger partial charge < -0.3 is 18.8 Å². The number of hydrogen-bond donors (Lipinski definition) is 0. The number of hydrogen-bond acceptors (Lipinski definition) is 4. The summed E-state index contributed by atoms with van der Waals surface area (Å²) in [6.07, 6.45) is 0. The van der Waals surface area contributed by atoms with Crippen molar-refractivity contribution in [2.45, 2.75) is 105 Å². The number of nitrogens with zero attached hydrogens (tertiary/aromatic N) is 3. The molecule has 2 aliphatic heterocycles. The van der Waals surface area contributed by atoms with E-state index in [2.05, 4.69) is 255 Å². The summed E-state index contributed by atoms with van der Waals surface area (Å²) in [6.45, 7) is 27.6. The number of rotatable bonds is 4. The maximum Gasteiger partial charge on any atom is 0.252 e. The number of anilines is 6. The lowest BCUT2D eigenvalue weighted by Crippen LogP contribution is -2.60. The maximum absolute atomic E-state index is 7.22. The Morgan fingerprint density at radius 2 is 1.01 bits per heavy atom. The van der Waals surface area contributed by atoms with Crippen molar-refractivity contribution in [3.8, 4) is 5.69 Å². The Labute approximate surface area is 428 Å². The molecule has 0 radical (unpaired) electrons. The molecule has 13 rings (SSSR count). The quantitative estimate of drug-likeness (QED) is 0.164. The fourth-order valence-electron chi connectivity index (χ4n) is 11.8. The SMILES string of the molecule is CC(C)(C)c1ccc(N(c2ccc(C(C)(C)C)cc2)c2ccc3c(c2)N(c2cccc4c2oc2cc(C(C)(C)C)ccc24)c2cc(C(C)(C)C)cc4c2B3c2cccc3c5sc6ccccc6c5n-4c23)cc1. The molecule has 0 bridgehead atoms. The highest BCUT2D eigenvalue weighted by molar-refractivity contribution is 7.26. The van der Waals surface area contributed by atoms with Gasteiger partial charge in [0.2, 0.25) is 0 Å². The molecule has 0 spiro atoms. The number of aromatic nitrogens is 1. The van der Waals surface area contributed by atoms with Crippen molar-refractivity contribution >= 4 is 122 Å². The van der Waals surface area contributed by atoms with Crippen molar-refractivity contribution < 1.29 is 4.42 Å². The Morgan fingerprint density at radius 1 is 0.431 bits per heavy atom. The van der Waals surface area contributed by atoms with Gasteiger partial charge in [0, 0.05) is 60.4 Å². The molecule has 0 aliphatic carbocycles. The molecule has 8 aromatic carbocycles. The summed E-state index contributed by atoms with van der Waals surface area (Å²) < 4.78 is 12.5. The molecule has 2 aliphatic rings. The fourth-order valence-corrected chi connectivity index (χ4v) is 13.0. The van der Waals surface area contributed by atoms with Gasteiger partial charge in [0.05, 0.1) is 21.4 Å². The van der Waals surface area contributed by atoms with E-state index in [4.69, 9.17) is 4.42 Å². The summed E-state index contributed by atoms with van der Waals surface area (Å²) in [5.74, 6) is 0. The van der Waals surface area contributed by atoms with Gasteiger partial charge in [0.1, 0.15) is 5.58 Å². The first-order valence-electron chi connectivity index (χ1n) is 25.8. The largest absolute Gasteiger partial charge is 0.454 e. The first-order chi connectivity index (χ1) is 34.2. The van der Waals surface area contributed by atoms with E-state index in [9.17, 15) is 0 Å². The van der Waals surface area contributed by atoms with Crippen LogP contribution in [0.5, 0.6) is 0 Å². The van der Waals surface area contributed by atoms with Crippen LogP contribution in [0.15, 0.2) is 162 Å². The Bertz CT molecular complexity index is 3970. The van der Waals surface area contributed by atoms with Crippen molar-refractivity contribution in [2.24, 2.45) is 0 Å². The Balaban J connectivity index is 1.14. The molecular weight excluding hydrogens is 894 g/mol. The van der Waals surface area contributed by atoms with E-state index in [1.54, 1.807) is 0 Å². The molecule has 0 fully saturated rings. The van der Waals surface area contributed by atoms with E-state index in [0.29, 0.717) is 0 Å². The van der Waals surface area contributed by atoms with Crippen LogP contribution in [0.1, 0.15) is 105 Å². The van der Waals surface area contributed by atoms with Crippen LogP contribution in [-0.2, 0) is 21.7 Å². The second-order valence-corrected chi connectivity index (χ2v) is 25.7. The summed E-state index contributed by atoms with van der Waals surface area (Å²) in [4.78, 5) is 5.02. The molecule has 0 atom stereocenters. The lowest BCUT2D eigenvalue weighted by molar-refractivity contribution is 0.587. The van der Waals surface area contributed by atoms with Gasteiger partial charge in [-0.3, -0.25) is 0 Å². The highest BCUT2D eigenvalue weighted by Gasteiger charge is 2.44. The number of fused-ring (bicyclic) bond motifs is 12. The predicted octanol–water partition coefficient (Wildman–Crippen LogP) is 17.2. The lowest BCUT2D eigenvalue weighted by Gasteiger charge is -2.42. The van der Waals surface area contributed by atoms with E-state index in [1.165, 1.54) is 81.2 Å². The first kappa shape index (κ1) is 44.9. The van der Waals surface area contributed by atoms with Gasteiger partial charge in [-0.2, -0.15) is 0 Å². The van der Waals surface area contributed by atoms with Gasteiger partial charge >= 0.3 is 0 Å². The summed E-state index contributed by atoms with van der Waals surface area (Å²) >= 11 is 1.92. The normalized spacial score (nSPS) is 13.8. The minimum absolute atomic E-state index is 0.0226. The second-order valence-electron chi connectivity index (χ2n) is 24.7. The zero-order chi connectivity index (χ0) is 50.0. The minimum Gasteiger partial charge on any atom is -0.454 e. The topological polar surface area (TPSA) is 24.6 Å². The fraction of sp³-hybridized carbons (Fsp3) is 0.242. The van der Waals surface area contributed by atoms with Crippen LogP contribution in [-0.4, -0.2) is 11.3 Å². The Kier molecular flexibility index (Phi) is 9.51. The number of benzene rings is 8. The second kappa shape index (κ2) is 15.3.